The van der Waals surface area contributed by atoms with Crippen LogP contribution in [0.3, 0.4) is 0 Å². The third kappa shape index (κ3) is 5.22. The van der Waals surface area contributed by atoms with Crippen LogP contribution in [0.5, 0.6) is 0 Å². The van der Waals surface area contributed by atoms with Gasteiger partial charge in [0.05, 0.1) is 37.2 Å². The molecule has 7 aliphatic carbocycles. The van der Waals surface area contributed by atoms with Gasteiger partial charge >= 0.3 is 5.97 Å². The molecule has 5 saturated carbocycles. The molecule has 1 amide bonds. The molecule has 61 heavy (non-hydrogen) atoms. The number of aliphatic hydroxyl groups is 6. The number of rotatable bonds is 8. The maximum absolute atomic E-state index is 13.5. The van der Waals surface area contributed by atoms with Gasteiger partial charge in [-0.05, 0) is 110 Å². The fourth-order valence-corrected chi connectivity index (χ4v) is 17.4. The van der Waals surface area contributed by atoms with Gasteiger partial charge in [-0.15, -0.1) is 0 Å². The van der Waals surface area contributed by atoms with Gasteiger partial charge in [-0.3, -0.25) is 9.59 Å². The van der Waals surface area contributed by atoms with Gasteiger partial charge in [0.2, 0.25) is 5.91 Å². The molecule has 2 aliphatic heterocycles. The van der Waals surface area contributed by atoms with Crippen molar-refractivity contribution in [2.75, 3.05) is 19.8 Å². The molecule has 2 saturated heterocycles. The average Bonchev–Trinajstić information content (AvgIpc) is 3.88. The van der Waals surface area contributed by atoms with Gasteiger partial charge in [0.1, 0.15) is 18.3 Å². The maximum atomic E-state index is 13.5. The summed E-state index contributed by atoms with van der Waals surface area (Å²) in [6.07, 6.45) is 7.99. The Morgan fingerprint density at radius 2 is 1.75 bits per heavy atom. The summed E-state index contributed by atoms with van der Waals surface area (Å²) in [6, 6.07) is -0.249. The Bertz CT molecular complexity index is 2010. The van der Waals surface area contributed by atoms with E-state index in [4.69, 9.17) is 9.47 Å². The molecule has 19 atom stereocenters. The lowest BCUT2D eigenvalue weighted by atomic mass is 9.22. The molecule has 9 N–H and O–H groups in total. The first-order valence-electron chi connectivity index (χ1n) is 23.0. The van der Waals surface area contributed by atoms with E-state index >= 15 is 0 Å². The van der Waals surface area contributed by atoms with Crippen LogP contribution in [0.1, 0.15) is 104 Å². The van der Waals surface area contributed by atoms with E-state index in [0.717, 1.165) is 31.4 Å². The Morgan fingerprint density at radius 3 is 2.46 bits per heavy atom. The highest BCUT2D eigenvalue weighted by Gasteiger charge is 2.82. The normalized spacial score (nSPS) is 53.4. The molecule has 2 spiro atoms. The molecule has 7 fully saturated rings. The molecule has 10 rings (SSSR count). The van der Waals surface area contributed by atoms with Gasteiger partial charge in [-0.1, -0.05) is 51.0 Å². The minimum atomic E-state index is -1.60. The monoisotopic (exact) mass is 849 g/mol. The molecule has 0 aromatic carbocycles. The number of carbonyl (C=O) groups excluding carboxylic acids is 1. The van der Waals surface area contributed by atoms with Crippen molar-refractivity contribution < 1.29 is 54.8 Å². The first-order chi connectivity index (χ1) is 28.9. The second kappa shape index (κ2) is 13.9. The molecule has 14 heteroatoms. The van der Waals surface area contributed by atoms with Crippen molar-refractivity contribution in [1.29, 1.82) is 0 Å². The fraction of sp³-hybridized carbons (Fsp3) is 0.809. The van der Waals surface area contributed by atoms with E-state index in [9.17, 15) is 45.3 Å². The Hall–Kier alpha value is -2.69. The maximum Gasteiger partial charge on any atom is 0.310 e. The first kappa shape index (κ1) is 42.3. The van der Waals surface area contributed by atoms with Crippen LogP contribution >= 0.6 is 0 Å². The molecular weight excluding hydrogens is 783 g/mol. The van der Waals surface area contributed by atoms with Crippen LogP contribution in [0.2, 0.25) is 0 Å². The van der Waals surface area contributed by atoms with Gasteiger partial charge in [0, 0.05) is 54.1 Å². The van der Waals surface area contributed by atoms with Crippen LogP contribution in [0.4, 0.5) is 0 Å². The predicted molar refractivity (Wildman–Crippen MR) is 219 cm³/mol. The molecule has 2 bridgehead atoms. The van der Waals surface area contributed by atoms with Gasteiger partial charge in [0.25, 0.3) is 0 Å². The number of carboxylic acid groups (broad SMARTS) is 1. The van der Waals surface area contributed by atoms with Crippen LogP contribution in [0.25, 0.3) is 0 Å². The third-order valence-electron chi connectivity index (χ3n) is 20.3. The second-order valence-electron chi connectivity index (χ2n) is 22.3. The smallest absolute Gasteiger partial charge is 0.310 e. The highest BCUT2D eigenvalue weighted by atomic mass is 16.7. The summed E-state index contributed by atoms with van der Waals surface area (Å²) >= 11 is 0. The lowest BCUT2D eigenvalue weighted by Gasteiger charge is -2.82. The van der Waals surface area contributed by atoms with Gasteiger partial charge in [-0.2, -0.15) is 0 Å². The fourth-order valence-electron chi connectivity index (χ4n) is 17.4. The Labute approximate surface area is 357 Å². The number of carbonyl (C=O) groups is 2. The second-order valence-corrected chi connectivity index (χ2v) is 22.3. The van der Waals surface area contributed by atoms with Crippen molar-refractivity contribution in [1.82, 2.24) is 15.3 Å². The third-order valence-corrected chi connectivity index (χ3v) is 20.3. The average molecular weight is 850 g/mol. The van der Waals surface area contributed by atoms with Gasteiger partial charge < -0.3 is 55.5 Å². The number of amides is 1. The van der Waals surface area contributed by atoms with Crippen LogP contribution in [-0.2, 0) is 25.5 Å². The van der Waals surface area contributed by atoms with Crippen molar-refractivity contribution in [2.45, 2.75) is 148 Å². The summed E-state index contributed by atoms with van der Waals surface area (Å²) in [7, 11) is 0. The Morgan fingerprint density at radius 1 is 0.984 bits per heavy atom. The molecule has 3 heterocycles. The number of imidazole rings is 1. The molecule has 9 aliphatic rings. The largest absolute Gasteiger partial charge is 0.481 e. The molecular formula is C47H67N3O11. The van der Waals surface area contributed by atoms with Crippen molar-refractivity contribution in [2.24, 2.45) is 67.5 Å². The van der Waals surface area contributed by atoms with Crippen molar-refractivity contribution in [3.63, 3.8) is 0 Å². The molecule has 336 valence electrons. The first-order valence-corrected chi connectivity index (χ1v) is 23.0. The van der Waals surface area contributed by atoms with E-state index in [1.807, 2.05) is 6.92 Å². The molecule has 19 unspecified atom stereocenters. The minimum absolute atomic E-state index is 0.0135. The lowest BCUT2D eigenvalue weighted by molar-refractivity contribution is -0.357. The molecule has 0 radical (unpaired) electrons. The van der Waals surface area contributed by atoms with Gasteiger partial charge in [-0.25, -0.2) is 4.98 Å². The summed E-state index contributed by atoms with van der Waals surface area (Å²) in [5.41, 5.74) is -0.634. The number of hydrogen-bond donors (Lipinski definition) is 9. The van der Waals surface area contributed by atoms with E-state index in [-0.39, 0.29) is 78.1 Å². The van der Waals surface area contributed by atoms with Crippen LogP contribution in [0, 0.1) is 67.5 Å². The quantitative estimate of drug-likeness (QED) is 0.136. The number of aliphatic carboxylic acids is 1. The number of aromatic amines is 1. The Balaban J connectivity index is 1.16. The van der Waals surface area contributed by atoms with Gasteiger partial charge in [0.15, 0.2) is 6.29 Å². The van der Waals surface area contributed by atoms with Crippen molar-refractivity contribution >= 4 is 11.9 Å². The van der Waals surface area contributed by atoms with E-state index in [1.54, 1.807) is 12.5 Å². The van der Waals surface area contributed by atoms with E-state index in [2.05, 4.69) is 48.2 Å². The summed E-state index contributed by atoms with van der Waals surface area (Å²) in [6.45, 7) is 8.30. The number of aliphatic hydroxyl groups excluding tert-OH is 6. The SMILES string of the molecule is CC1(CO)CCC2(C(=O)O)CCC34CCC5=CC(C6CC(=O)NC6Cc6cnc[nH]6)C6C(O)C(OC7OCC(O)C(O)C7O)C(C)(CO)C7CCC3(C)C5(CC=C4C2C1)C67C. The number of allylic oxidation sites excluding steroid dienone is 4. The standard InChI is InChI=1S/C47H67N3O11/c1-41(21-51)11-12-45(40(58)59)13-14-46-9-5-24-15-27(26-17-33(54)50-30(26)16-25-19-48-23-49-25)34-36(56)38(61-39-37(57)35(55)31(53)20-60-39)42(2,22-52)32-7-8-43(46,3)47(24,44(32,34)4)10-6-28(46)29(45)18-41/h6,15,19,23,26-27,29-32,34-39,51-53,55-57H,5,7-14,16-18,20-22H2,1-4H3,(H,48,49)(H,50,54)(H,58,59). The molecule has 1 aromatic heterocycles. The number of nitrogens with one attached hydrogen (secondary N) is 2. The number of hydrogen-bond acceptors (Lipinski definition) is 11. The summed E-state index contributed by atoms with van der Waals surface area (Å²) < 4.78 is 12.5. The van der Waals surface area contributed by atoms with Crippen LogP contribution < -0.4 is 5.32 Å². The van der Waals surface area contributed by atoms with E-state index in [0.29, 0.717) is 44.9 Å². The van der Waals surface area contributed by atoms with E-state index < -0.39 is 70.4 Å². The van der Waals surface area contributed by atoms with E-state index in [1.165, 1.54) is 11.1 Å². The Kier molecular flexibility index (Phi) is 9.64. The number of H-pyrrole nitrogens is 1. The number of aromatic nitrogens is 2. The number of fused-ring (bicyclic) bond motifs is 2. The topological polar surface area (TPSA) is 235 Å². The summed E-state index contributed by atoms with van der Waals surface area (Å²) in [5, 5.41) is 82.4. The minimum Gasteiger partial charge on any atom is -0.481 e. The molecule has 14 nitrogen and oxygen atoms in total. The zero-order valence-electron chi connectivity index (χ0n) is 36.1. The lowest BCUT2D eigenvalue weighted by Crippen LogP contribution is -2.79. The predicted octanol–water partition coefficient (Wildman–Crippen LogP) is 3.01. The number of nitrogens with zero attached hydrogens (tertiary/aromatic N) is 1. The highest BCUT2D eigenvalue weighted by Crippen LogP contribution is 2.87. The van der Waals surface area contributed by atoms with Crippen molar-refractivity contribution in [3.8, 4) is 0 Å². The van der Waals surface area contributed by atoms with Crippen LogP contribution in [0.15, 0.2) is 35.8 Å². The number of carboxylic acids is 1. The summed E-state index contributed by atoms with van der Waals surface area (Å²) in [4.78, 5) is 34.5. The zero-order chi connectivity index (χ0) is 43.3. The van der Waals surface area contributed by atoms with Crippen LogP contribution in [-0.4, -0.2) is 120 Å². The highest BCUT2D eigenvalue weighted by molar-refractivity contribution is 5.79. The zero-order valence-corrected chi connectivity index (χ0v) is 36.1. The summed E-state index contributed by atoms with van der Waals surface area (Å²) in [5.74, 6) is -2.16. The molecule has 1 aromatic rings. The number of ether oxygens (including phenoxy) is 2. The van der Waals surface area contributed by atoms with Crippen molar-refractivity contribution in [3.05, 3.63) is 41.5 Å².